The minimum atomic E-state index is -4.03. The molecule has 140 valence electrons. The number of rotatable bonds is 7. The van der Waals surface area contributed by atoms with E-state index >= 15 is 0 Å². The average Bonchev–Trinajstić information content (AvgIpc) is 2.35. The summed E-state index contributed by atoms with van der Waals surface area (Å²) in [6.45, 7) is 5.62. The second-order valence-electron chi connectivity index (χ2n) is 6.33. The van der Waals surface area contributed by atoms with Crippen molar-refractivity contribution in [2.75, 3.05) is 12.8 Å². The first kappa shape index (κ1) is 23.3. The zero-order valence-corrected chi connectivity index (χ0v) is 16.5. The van der Waals surface area contributed by atoms with Crippen molar-refractivity contribution in [1.82, 2.24) is 4.72 Å². The van der Waals surface area contributed by atoms with Crippen LogP contribution in [-0.4, -0.2) is 35.2 Å². The van der Waals surface area contributed by atoms with E-state index in [-0.39, 0.29) is 29.8 Å². The van der Waals surface area contributed by atoms with Gasteiger partial charge in [-0.3, -0.25) is 0 Å². The van der Waals surface area contributed by atoms with Crippen molar-refractivity contribution in [3.05, 3.63) is 24.0 Å². The monoisotopic (exact) mass is 402 g/mol. The maximum Gasteiger partial charge on any atom is 0.241 e. The first-order chi connectivity index (χ1) is 10.3. The largest absolute Gasteiger partial charge is 0.329 e. The summed E-state index contributed by atoms with van der Waals surface area (Å²) in [6, 6.07) is 2.71. The highest BCUT2D eigenvalue weighted by Crippen LogP contribution is 2.22. The molecule has 0 bridgehead atoms. The number of sulfone groups is 1. The van der Waals surface area contributed by atoms with E-state index in [1.165, 1.54) is 0 Å². The molecule has 0 heterocycles. The summed E-state index contributed by atoms with van der Waals surface area (Å²) in [5.74, 6) is -0.899. The Morgan fingerprint density at radius 2 is 1.79 bits per heavy atom. The summed E-state index contributed by atoms with van der Waals surface area (Å²) < 4.78 is 64.0. The molecule has 0 aliphatic carbocycles. The molecule has 0 amide bonds. The van der Waals surface area contributed by atoms with E-state index < -0.39 is 36.1 Å². The van der Waals surface area contributed by atoms with E-state index in [9.17, 15) is 21.2 Å². The van der Waals surface area contributed by atoms with Gasteiger partial charge in [-0.2, -0.15) is 0 Å². The molecule has 0 spiro atoms. The molecule has 0 saturated heterocycles. The Labute approximate surface area is 149 Å². The van der Waals surface area contributed by atoms with Gasteiger partial charge in [0.2, 0.25) is 10.0 Å². The highest BCUT2D eigenvalue weighted by Gasteiger charge is 2.31. The molecule has 6 nitrogen and oxygen atoms in total. The van der Waals surface area contributed by atoms with Crippen LogP contribution in [0.4, 0.5) is 4.39 Å². The van der Waals surface area contributed by atoms with E-state index in [2.05, 4.69) is 4.72 Å². The Hall–Kier alpha value is -0.740. The number of halogens is 2. The Bertz CT molecular complexity index is 782. The summed E-state index contributed by atoms with van der Waals surface area (Å²) in [5.41, 5.74) is 4.80. The molecular formula is C14H24ClFN2O4S2. The van der Waals surface area contributed by atoms with Crippen LogP contribution in [0.15, 0.2) is 28.0 Å². The van der Waals surface area contributed by atoms with Crippen LogP contribution in [-0.2, 0) is 19.9 Å². The van der Waals surface area contributed by atoms with E-state index in [1.807, 2.05) is 13.8 Å². The minimum absolute atomic E-state index is 0. The Balaban J connectivity index is 0.00000529. The Kier molecular flexibility index (Phi) is 7.84. The number of hydrogen-bond donors (Lipinski definition) is 2. The predicted octanol–water partition coefficient (Wildman–Crippen LogP) is 1.69. The third-order valence-corrected chi connectivity index (χ3v) is 6.07. The maximum atomic E-state index is 13.9. The smallest absolute Gasteiger partial charge is 0.241 e. The van der Waals surface area contributed by atoms with E-state index in [1.54, 1.807) is 6.92 Å². The van der Waals surface area contributed by atoms with Gasteiger partial charge in [0.1, 0.15) is 10.7 Å². The van der Waals surface area contributed by atoms with Crippen LogP contribution < -0.4 is 10.5 Å². The van der Waals surface area contributed by atoms with Gasteiger partial charge in [-0.15, -0.1) is 12.4 Å². The van der Waals surface area contributed by atoms with Gasteiger partial charge < -0.3 is 5.73 Å². The number of benzene rings is 1. The molecule has 0 saturated carbocycles. The van der Waals surface area contributed by atoms with Crippen molar-refractivity contribution in [3.8, 4) is 0 Å². The van der Waals surface area contributed by atoms with Crippen molar-refractivity contribution in [3.63, 3.8) is 0 Å². The van der Waals surface area contributed by atoms with Gasteiger partial charge in [0.05, 0.1) is 4.90 Å². The van der Waals surface area contributed by atoms with Crippen molar-refractivity contribution in [1.29, 1.82) is 0 Å². The Morgan fingerprint density at radius 1 is 1.25 bits per heavy atom. The number of nitrogens with two attached hydrogens (primary N) is 1. The number of hydrogen-bond acceptors (Lipinski definition) is 5. The topological polar surface area (TPSA) is 106 Å². The van der Waals surface area contributed by atoms with Gasteiger partial charge in [0, 0.05) is 18.3 Å². The standard InChI is InChI=1S/C14H23FN2O4S2.ClH/c1-10(2)8-14(3,9-16)17-23(20,21)11-5-6-13(12(15)7-11)22(4,18)19;/h5-7,10,17H,8-9,16H2,1-4H3;1H. The fraction of sp³-hybridized carbons (Fsp3) is 0.571. The first-order valence-electron chi connectivity index (χ1n) is 7.04. The van der Waals surface area contributed by atoms with Crippen molar-refractivity contribution >= 4 is 32.3 Å². The number of sulfonamides is 1. The van der Waals surface area contributed by atoms with Crippen LogP contribution in [0.1, 0.15) is 27.2 Å². The number of nitrogens with one attached hydrogen (secondary N) is 1. The SMILES string of the molecule is CC(C)CC(C)(CN)NS(=O)(=O)c1ccc(S(C)(=O)=O)c(F)c1.Cl. The summed E-state index contributed by atoms with van der Waals surface area (Å²) in [7, 11) is -7.79. The van der Waals surface area contributed by atoms with E-state index in [0.717, 1.165) is 18.4 Å². The molecule has 1 aromatic rings. The molecule has 0 aliphatic heterocycles. The van der Waals surface area contributed by atoms with E-state index in [4.69, 9.17) is 5.73 Å². The summed E-state index contributed by atoms with van der Waals surface area (Å²) in [4.78, 5) is -0.883. The third-order valence-electron chi connectivity index (χ3n) is 3.30. The molecular weight excluding hydrogens is 379 g/mol. The molecule has 0 aliphatic rings. The zero-order valence-electron chi connectivity index (χ0n) is 14.0. The maximum absolute atomic E-state index is 13.9. The van der Waals surface area contributed by atoms with Gasteiger partial charge in [0.25, 0.3) is 0 Å². The van der Waals surface area contributed by atoms with Crippen LogP contribution in [0.3, 0.4) is 0 Å². The second kappa shape index (κ2) is 8.09. The normalized spacial score (nSPS) is 15.0. The molecule has 1 unspecified atom stereocenters. The second-order valence-corrected chi connectivity index (χ2v) is 10.00. The van der Waals surface area contributed by atoms with Gasteiger partial charge in [-0.1, -0.05) is 13.8 Å². The van der Waals surface area contributed by atoms with Crippen LogP contribution in [0.2, 0.25) is 0 Å². The predicted molar refractivity (Wildman–Crippen MR) is 94.0 cm³/mol. The minimum Gasteiger partial charge on any atom is -0.329 e. The Morgan fingerprint density at radius 3 is 2.17 bits per heavy atom. The quantitative estimate of drug-likeness (QED) is 0.721. The van der Waals surface area contributed by atoms with Crippen molar-refractivity contribution in [2.45, 2.75) is 42.5 Å². The van der Waals surface area contributed by atoms with Gasteiger partial charge in [-0.25, -0.2) is 25.9 Å². The first-order valence-corrected chi connectivity index (χ1v) is 10.4. The van der Waals surface area contributed by atoms with Gasteiger partial charge >= 0.3 is 0 Å². The third kappa shape index (κ3) is 5.96. The van der Waals surface area contributed by atoms with Crippen LogP contribution >= 0.6 is 12.4 Å². The summed E-state index contributed by atoms with van der Waals surface area (Å²) in [6.07, 6.45) is 1.36. The van der Waals surface area contributed by atoms with Crippen molar-refractivity contribution < 1.29 is 21.2 Å². The van der Waals surface area contributed by atoms with Gasteiger partial charge in [-0.05, 0) is 37.5 Å². The highest BCUT2D eigenvalue weighted by molar-refractivity contribution is 7.90. The molecule has 24 heavy (non-hydrogen) atoms. The lowest BCUT2D eigenvalue weighted by Crippen LogP contribution is -2.52. The fourth-order valence-corrected chi connectivity index (χ4v) is 4.57. The van der Waals surface area contributed by atoms with Crippen LogP contribution in [0.5, 0.6) is 0 Å². The summed E-state index contributed by atoms with van der Waals surface area (Å²) >= 11 is 0. The molecule has 0 fully saturated rings. The van der Waals surface area contributed by atoms with E-state index in [0.29, 0.717) is 12.5 Å². The van der Waals surface area contributed by atoms with Gasteiger partial charge in [0.15, 0.2) is 9.84 Å². The molecule has 1 aromatic carbocycles. The molecule has 1 atom stereocenters. The average molecular weight is 403 g/mol. The molecule has 10 heteroatoms. The fourth-order valence-electron chi connectivity index (χ4n) is 2.40. The van der Waals surface area contributed by atoms with Crippen molar-refractivity contribution in [2.24, 2.45) is 11.7 Å². The zero-order chi connectivity index (χ0) is 18.1. The summed E-state index contributed by atoms with van der Waals surface area (Å²) in [5, 5.41) is 0. The lowest BCUT2D eigenvalue weighted by Gasteiger charge is -2.30. The highest BCUT2D eigenvalue weighted by atomic mass is 35.5. The lowest BCUT2D eigenvalue weighted by atomic mass is 9.92. The van der Waals surface area contributed by atoms with Crippen LogP contribution in [0.25, 0.3) is 0 Å². The molecule has 1 rings (SSSR count). The lowest BCUT2D eigenvalue weighted by molar-refractivity contribution is 0.344. The molecule has 0 radical (unpaired) electrons. The molecule has 0 aromatic heterocycles. The van der Waals surface area contributed by atoms with Crippen LogP contribution in [0, 0.1) is 11.7 Å². The molecule has 3 N–H and O–H groups in total.